The highest BCUT2D eigenvalue weighted by atomic mass is 16.4. The molecule has 0 spiro atoms. The molecule has 0 aliphatic rings. The summed E-state index contributed by atoms with van der Waals surface area (Å²) in [6, 6.07) is 0. The number of carboxylic acids is 2. The normalized spacial score (nSPS) is 5.56. The van der Waals surface area contributed by atoms with Crippen LogP contribution in [0.2, 0.25) is 0 Å². The minimum absolute atomic E-state index is 0. The molecule has 0 aliphatic carbocycles. The van der Waals surface area contributed by atoms with E-state index < -0.39 is 11.9 Å². The Morgan fingerprint density at radius 2 is 1.00 bits per heavy atom. The molecule has 2 N–H and O–H groups in total. The number of hydrogen-bond acceptors (Lipinski definition) is 2. The van der Waals surface area contributed by atoms with Crippen molar-refractivity contribution in [3.8, 4) is 0 Å². The zero-order valence-corrected chi connectivity index (χ0v) is 4.71. The lowest BCUT2D eigenvalue weighted by atomic mass is 10.9. The van der Waals surface area contributed by atoms with Crippen LogP contribution in [0.25, 0.3) is 0 Å². The van der Waals surface area contributed by atoms with Crippen LogP contribution in [0.3, 0.4) is 0 Å². The van der Waals surface area contributed by atoms with E-state index in [0.29, 0.717) is 0 Å². The van der Waals surface area contributed by atoms with Gasteiger partial charge >= 0.3 is 0 Å². The molecule has 0 aromatic heterocycles. The summed E-state index contributed by atoms with van der Waals surface area (Å²) in [6.45, 7) is 2.17. The molecule has 0 aliphatic heterocycles. The van der Waals surface area contributed by atoms with E-state index in [1.54, 1.807) is 0 Å². The Balaban J connectivity index is -0.0000000720. The van der Waals surface area contributed by atoms with Crippen LogP contribution in [0.1, 0.15) is 21.3 Å². The van der Waals surface area contributed by atoms with Gasteiger partial charge in [0.15, 0.2) is 0 Å². The largest absolute Gasteiger partial charge is 0.481 e. The average molecular weight is 136 g/mol. The van der Waals surface area contributed by atoms with Crippen LogP contribution in [-0.4, -0.2) is 22.2 Å². The molecule has 0 rings (SSSR count). The standard InChI is InChI=1S/2C2H4O2.CH4/c2*1-2(3)4;/h2*1H3,(H,3,4);1H4. The quantitative estimate of drug-likeness (QED) is 0.517. The molecular weight excluding hydrogens is 124 g/mol. The molecule has 0 radical (unpaired) electrons. The summed E-state index contributed by atoms with van der Waals surface area (Å²) in [6.07, 6.45) is 0. The molecular formula is C5H12O4. The van der Waals surface area contributed by atoms with Gasteiger partial charge in [0.05, 0.1) is 0 Å². The number of aliphatic carboxylic acids is 2. The zero-order valence-electron chi connectivity index (χ0n) is 4.71. The Hall–Kier alpha value is -1.06. The summed E-state index contributed by atoms with van der Waals surface area (Å²) < 4.78 is 0. The van der Waals surface area contributed by atoms with Crippen molar-refractivity contribution in [2.75, 3.05) is 0 Å². The third-order valence-electron chi connectivity index (χ3n) is 0. The van der Waals surface area contributed by atoms with Gasteiger partial charge in [-0.25, -0.2) is 0 Å². The maximum atomic E-state index is 9.00. The minimum atomic E-state index is -0.833. The average Bonchev–Trinajstić information content (AvgIpc) is 1.25. The molecule has 0 aromatic carbocycles. The highest BCUT2D eigenvalue weighted by Crippen LogP contribution is 1.42. The number of carbonyl (C=O) groups is 2. The van der Waals surface area contributed by atoms with Crippen molar-refractivity contribution in [3.05, 3.63) is 0 Å². The molecule has 4 nitrogen and oxygen atoms in total. The lowest BCUT2D eigenvalue weighted by molar-refractivity contribution is -0.135. The van der Waals surface area contributed by atoms with Crippen LogP contribution >= 0.6 is 0 Å². The highest BCUT2D eigenvalue weighted by Gasteiger charge is 1.65. The molecule has 0 heterocycles. The lowest BCUT2D eigenvalue weighted by Gasteiger charge is -1.59. The second kappa shape index (κ2) is 10.0. The van der Waals surface area contributed by atoms with Crippen LogP contribution in [-0.2, 0) is 9.59 Å². The second-order valence-corrected chi connectivity index (χ2v) is 1.04. The predicted octanol–water partition coefficient (Wildman–Crippen LogP) is 0.818. The van der Waals surface area contributed by atoms with Crippen LogP contribution in [0.5, 0.6) is 0 Å². The second-order valence-electron chi connectivity index (χ2n) is 1.04. The smallest absolute Gasteiger partial charge is 0.300 e. The Labute approximate surface area is 54.1 Å². The molecule has 0 fully saturated rings. The van der Waals surface area contributed by atoms with Gasteiger partial charge < -0.3 is 10.2 Å². The van der Waals surface area contributed by atoms with E-state index in [9.17, 15) is 0 Å². The Bertz CT molecular complexity index is 67.0. The van der Waals surface area contributed by atoms with Gasteiger partial charge in [-0.05, 0) is 0 Å². The molecule has 0 bridgehead atoms. The van der Waals surface area contributed by atoms with Gasteiger partial charge in [-0.3, -0.25) is 9.59 Å². The van der Waals surface area contributed by atoms with Crippen LogP contribution < -0.4 is 0 Å². The monoisotopic (exact) mass is 136 g/mol. The van der Waals surface area contributed by atoms with Gasteiger partial charge in [0, 0.05) is 13.8 Å². The summed E-state index contributed by atoms with van der Waals surface area (Å²) in [7, 11) is 0. The van der Waals surface area contributed by atoms with Gasteiger partial charge in [0.25, 0.3) is 11.9 Å². The van der Waals surface area contributed by atoms with Gasteiger partial charge in [-0.1, -0.05) is 7.43 Å². The van der Waals surface area contributed by atoms with Gasteiger partial charge in [0.2, 0.25) is 0 Å². The topological polar surface area (TPSA) is 74.6 Å². The fourth-order valence-electron chi connectivity index (χ4n) is 0. The SMILES string of the molecule is C.CC(=O)O.CC(=O)O. The fourth-order valence-corrected chi connectivity index (χ4v) is 0. The van der Waals surface area contributed by atoms with Gasteiger partial charge in [-0.2, -0.15) is 0 Å². The van der Waals surface area contributed by atoms with Crippen molar-refractivity contribution >= 4 is 11.9 Å². The maximum absolute atomic E-state index is 9.00. The van der Waals surface area contributed by atoms with E-state index in [2.05, 4.69) is 0 Å². The molecule has 4 heteroatoms. The predicted molar refractivity (Wildman–Crippen MR) is 33.4 cm³/mol. The first kappa shape index (κ1) is 15.7. The Morgan fingerprint density at radius 3 is 1.00 bits per heavy atom. The molecule has 0 atom stereocenters. The van der Waals surface area contributed by atoms with Crippen LogP contribution in [0.4, 0.5) is 0 Å². The van der Waals surface area contributed by atoms with Crippen molar-refractivity contribution < 1.29 is 19.8 Å². The Kier molecular flexibility index (Phi) is 17.5. The molecule has 0 saturated heterocycles. The first-order valence-electron chi connectivity index (χ1n) is 1.86. The summed E-state index contributed by atoms with van der Waals surface area (Å²) in [4.78, 5) is 18.0. The number of rotatable bonds is 0. The lowest BCUT2D eigenvalue weighted by Crippen LogP contribution is -1.78. The maximum Gasteiger partial charge on any atom is 0.300 e. The third-order valence-corrected chi connectivity index (χ3v) is 0. The molecule has 9 heavy (non-hydrogen) atoms. The van der Waals surface area contributed by atoms with Crippen molar-refractivity contribution in [1.82, 2.24) is 0 Å². The Morgan fingerprint density at radius 1 is 1.00 bits per heavy atom. The van der Waals surface area contributed by atoms with Crippen molar-refractivity contribution in [1.29, 1.82) is 0 Å². The van der Waals surface area contributed by atoms with E-state index in [-0.39, 0.29) is 7.43 Å². The van der Waals surface area contributed by atoms with E-state index in [4.69, 9.17) is 19.8 Å². The molecule has 56 valence electrons. The van der Waals surface area contributed by atoms with Crippen molar-refractivity contribution in [2.45, 2.75) is 21.3 Å². The third kappa shape index (κ3) is 151. The van der Waals surface area contributed by atoms with E-state index in [0.717, 1.165) is 13.8 Å². The highest BCUT2D eigenvalue weighted by molar-refractivity contribution is 5.63. The van der Waals surface area contributed by atoms with Gasteiger partial charge in [-0.15, -0.1) is 0 Å². The summed E-state index contributed by atoms with van der Waals surface area (Å²) in [5, 5.41) is 14.8. The molecule has 0 unspecified atom stereocenters. The fraction of sp³-hybridized carbons (Fsp3) is 0.600. The van der Waals surface area contributed by atoms with E-state index in [1.165, 1.54) is 0 Å². The molecule has 0 amide bonds. The van der Waals surface area contributed by atoms with E-state index in [1.807, 2.05) is 0 Å². The molecule has 0 aromatic rings. The number of carboxylic acid groups (broad SMARTS) is 2. The number of hydrogen-bond donors (Lipinski definition) is 2. The van der Waals surface area contributed by atoms with Gasteiger partial charge in [0.1, 0.15) is 0 Å². The van der Waals surface area contributed by atoms with Crippen molar-refractivity contribution in [2.24, 2.45) is 0 Å². The van der Waals surface area contributed by atoms with Crippen LogP contribution in [0.15, 0.2) is 0 Å². The first-order valence-corrected chi connectivity index (χ1v) is 1.86. The molecule has 0 saturated carbocycles. The summed E-state index contributed by atoms with van der Waals surface area (Å²) in [5.41, 5.74) is 0. The minimum Gasteiger partial charge on any atom is -0.481 e. The zero-order chi connectivity index (χ0) is 7.15. The van der Waals surface area contributed by atoms with E-state index >= 15 is 0 Å². The van der Waals surface area contributed by atoms with Crippen LogP contribution in [0, 0.1) is 0 Å². The summed E-state index contributed by atoms with van der Waals surface area (Å²) in [5.74, 6) is -1.67. The van der Waals surface area contributed by atoms with Crippen molar-refractivity contribution in [3.63, 3.8) is 0 Å². The summed E-state index contributed by atoms with van der Waals surface area (Å²) >= 11 is 0. The first-order chi connectivity index (χ1) is 3.46.